The molecule has 0 aromatic rings. The molecule has 0 atom stereocenters. The number of aliphatic carboxylic acids is 2. The summed E-state index contributed by atoms with van der Waals surface area (Å²) < 4.78 is 3.03. The van der Waals surface area contributed by atoms with Gasteiger partial charge < -0.3 is 10.2 Å². The molecule has 2 radical (unpaired) electrons. The van der Waals surface area contributed by atoms with Crippen molar-refractivity contribution in [2.24, 2.45) is 0 Å². The van der Waals surface area contributed by atoms with E-state index in [-0.39, 0.29) is 21.1 Å². The second kappa shape index (κ2) is 28.5. The van der Waals surface area contributed by atoms with E-state index in [1.54, 1.807) is 0 Å². The Hall–Kier alpha value is -0.261. The molecular formula is C20H42O4Sn. The third kappa shape index (κ3) is 45.3. The number of hydrogen-bond acceptors (Lipinski definition) is 2. The molecule has 0 rings (SSSR count). The molecule has 150 valence electrons. The van der Waals surface area contributed by atoms with Gasteiger partial charge in [0.25, 0.3) is 0 Å². The van der Waals surface area contributed by atoms with Gasteiger partial charge in [-0.2, -0.15) is 0 Å². The van der Waals surface area contributed by atoms with Crippen LogP contribution in [0.5, 0.6) is 0 Å². The normalized spacial score (nSPS) is 9.44. The van der Waals surface area contributed by atoms with Crippen LogP contribution in [0.2, 0.25) is 8.87 Å². The molecule has 0 aromatic carbocycles. The van der Waals surface area contributed by atoms with Crippen LogP contribution in [0.25, 0.3) is 0 Å². The van der Waals surface area contributed by atoms with Crippen LogP contribution in [-0.2, 0) is 9.59 Å². The second-order valence-corrected chi connectivity index (χ2v) is 11.5. The monoisotopic (exact) mass is 466 g/mol. The van der Waals surface area contributed by atoms with Gasteiger partial charge in [-0.05, 0) is 12.8 Å². The molecule has 0 saturated carbocycles. The molecule has 25 heavy (non-hydrogen) atoms. The SMILES string of the molecule is CCCCCCCC(=O)O.CCCCCCCC(=O)O.C[CH2][Sn][CH2]C. The Morgan fingerprint density at radius 3 is 1.12 bits per heavy atom. The third-order valence-electron chi connectivity index (χ3n) is 3.49. The van der Waals surface area contributed by atoms with Crippen LogP contribution in [0.3, 0.4) is 0 Å². The summed E-state index contributed by atoms with van der Waals surface area (Å²) in [7, 11) is 0. The fourth-order valence-electron chi connectivity index (χ4n) is 2.01. The number of hydrogen-bond donors (Lipinski definition) is 2. The maximum atomic E-state index is 10.0. The molecule has 0 aliphatic rings. The van der Waals surface area contributed by atoms with Crippen LogP contribution in [0, 0.1) is 0 Å². The summed E-state index contributed by atoms with van der Waals surface area (Å²) >= 11 is 0.218. The number of carboxylic acid groups (broad SMARTS) is 2. The van der Waals surface area contributed by atoms with Gasteiger partial charge in [0, 0.05) is 12.8 Å². The summed E-state index contributed by atoms with van der Waals surface area (Å²) in [5.41, 5.74) is 0. The minimum atomic E-state index is -0.670. The van der Waals surface area contributed by atoms with Crippen molar-refractivity contribution < 1.29 is 19.8 Å². The zero-order chi connectivity index (χ0) is 19.8. The van der Waals surface area contributed by atoms with Gasteiger partial charge in [0.2, 0.25) is 0 Å². The van der Waals surface area contributed by atoms with Crippen LogP contribution in [-0.4, -0.2) is 43.3 Å². The zero-order valence-electron chi connectivity index (χ0n) is 17.1. The van der Waals surface area contributed by atoms with Gasteiger partial charge >= 0.3 is 55.8 Å². The van der Waals surface area contributed by atoms with Gasteiger partial charge in [-0.3, -0.25) is 9.59 Å². The van der Waals surface area contributed by atoms with E-state index in [0.29, 0.717) is 12.8 Å². The molecule has 4 nitrogen and oxygen atoms in total. The number of carbonyl (C=O) groups is 2. The standard InChI is InChI=1S/2C8H16O2.2C2H5.Sn/c2*1-2-3-4-5-6-7-8(9)10;2*1-2;/h2*2-7H2,1H3,(H,9,10);2*1H2,2H3;. The quantitative estimate of drug-likeness (QED) is 0.229. The average molecular weight is 465 g/mol. The fraction of sp³-hybridized carbons (Fsp3) is 0.900. The van der Waals surface area contributed by atoms with Crippen molar-refractivity contribution in [1.29, 1.82) is 0 Å². The molecule has 0 unspecified atom stereocenters. The van der Waals surface area contributed by atoms with E-state index < -0.39 is 11.9 Å². The van der Waals surface area contributed by atoms with Crippen molar-refractivity contribution in [1.82, 2.24) is 0 Å². The number of carboxylic acids is 2. The molecule has 0 fully saturated rings. The van der Waals surface area contributed by atoms with Crippen molar-refractivity contribution in [3.63, 3.8) is 0 Å². The summed E-state index contributed by atoms with van der Waals surface area (Å²) in [6.45, 7) is 8.87. The van der Waals surface area contributed by atoms with Crippen molar-refractivity contribution in [3.8, 4) is 0 Å². The Bertz CT molecular complexity index is 244. The Morgan fingerprint density at radius 2 is 0.920 bits per heavy atom. The van der Waals surface area contributed by atoms with Crippen LogP contribution in [0.1, 0.15) is 105 Å². The molecule has 0 saturated heterocycles. The molecule has 0 aliphatic carbocycles. The Balaban J connectivity index is -0.000000308. The molecule has 0 heterocycles. The summed E-state index contributed by atoms with van der Waals surface area (Å²) in [5, 5.41) is 16.5. The van der Waals surface area contributed by atoms with Crippen LogP contribution < -0.4 is 0 Å². The van der Waals surface area contributed by atoms with E-state index in [9.17, 15) is 9.59 Å². The van der Waals surface area contributed by atoms with Gasteiger partial charge in [0.15, 0.2) is 0 Å². The first-order chi connectivity index (χ1) is 12.0. The van der Waals surface area contributed by atoms with Crippen LogP contribution >= 0.6 is 0 Å². The molecule has 0 aromatic heterocycles. The molecule has 2 N–H and O–H groups in total. The van der Waals surface area contributed by atoms with Gasteiger partial charge in [-0.1, -0.05) is 65.2 Å². The van der Waals surface area contributed by atoms with E-state index in [0.717, 1.165) is 25.7 Å². The first kappa shape index (κ1) is 29.5. The van der Waals surface area contributed by atoms with Crippen LogP contribution in [0.15, 0.2) is 0 Å². The molecule has 0 spiro atoms. The van der Waals surface area contributed by atoms with E-state index in [1.807, 2.05) is 0 Å². The average Bonchev–Trinajstić information content (AvgIpc) is 2.56. The first-order valence-electron chi connectivity index (χ1n) is 10.1. The summed E-state index contributed by atoms with van der Waals surface area (Å²) in [5.74, 6) is -1.34. The fourth-order valence-corrected chi connectivity index (χ4v) is 3.44. The Kier molecular flexibility index (Phi) is 33.7. The van der Waals surface area contributed by atoms with E-state index in [4.69, 9.17) is 10.2 Å². The molecule has 5 heteroatoms. The summed E-state index contributed by atoms with van der Waals surface area (Å²) in [6, 6.07) is 0. The van der Waals surface area contributed by atoms with Crippen molar-refractivity contribution in [2.75, 3.05) is 0 Å². The van der Waals surface area contributed by atoms with Crippen LogP contribution in [0.4, 0.5) is 0 Å². The van der Waals surface area contributed by atoms with E-state index in [2.05, 4.69) is 27.7 Å². The zero-order valence-corrected chi connectivity index (χ0v) is 20.0. The maximum absolute atomic E-state index is 10.0. The molecule has 0 amide bonds. The van der Waals surface area contributed by atoms with Crippen molar-refractivity contribution in [2.45, 2.75) is 114 Å². The van der Waals surface area contributed by atoms with Gasteiger partial charge in [-0.15, -0.1) is 0 Å². The predicted octanol–water partition coefficient (Wildman–Crippen LogP) is 6.43. The molecule has 0 aliphatic heterocycles. The number of unbranched alkanes of at least 4 members (excludes halogenated alkanes) is 8. The predicted molar refractivity (Wildman–Crippen MR) is 109 cm³/mol. The van der Waals surface area contributed by atoms with Crippen molar-refractivity contribution >= 4 is 33.1 Å². The van der Waals surface area contributed by atoms with E-state index in [1.165, 1.54) is 47.4 Å². The van der Waals surface area contributed by atoms with Gasteiger partial charge in [-0.25, -0.2) is 0 Å². The first-order valence-corrected chi connectivity index (χ1v) is 14.1. The Labute approximate surface area is 166 Å². The molecular weight excluding hydrogens is 423 g/mol. The summed E-state index contributed by atoms with van der Waals surface area (Å²) in [4.78, 5) is 20.1. The van der Waals surface area contributed by atoms with Gasteiger partial charge in [0.05, 0.1) is 0 Å². The van der Waals surface area contributed by atoms with E-state index >= 15 is 0 Å². The topological polar surface area (TPSA) is 74.6 Å². The Morgan fingerprint density at radius 1 is 0.600 bits per heavy atom. The summed E-state index contributed by atoms with van der Waals surface area (Å²) in [6.07, 6.45) is 11.8. The second-order valence-electron chi connectivity index (χ2n) is 6.07. The number of rotatable bonds is 14. The van der Waals surface area contributed by atoms with Crippen molar-refractivity contribution in [3.05, 3.63) is 0 Å². The van der Waals surface area contributed by atoms with Gasteiger partial charge in [0.1, 0.15) is 0 Å². The molecule has 0 bridgehead atoms. The minimum absolute atomic E-state index is 0.218. The third-order valence-corrected chi connectivity index (χ3v) is 6.34.